The smallest absolute Gasteiger partial charge is 0.0983 e. The molecule has 0 amide bonds. The van der Waals surface area contributed by atoms with E-state index in [9.17, 15) is 0 Å². The lowest BCUT2D eigenvalue weighted by Crippen LogP contribution is -2.07. The van der Waals surface area contributed by atoms with E-state index >= 15 is 0 Å². The molecule has 0 unspecified atom stereocenters. The molecule has 50 heavy (non-hydrogen) atoms. The van der Waals surface area contributed by atoms with Crippen molar-refractivity contribution in [1.29, 1.82) is 0 Å². The average molecular weight is 661 g/mol. The molecule has 4 aromatic carbocycles. The highest BCUT2D eigenvalue weighted by Gasteiger charge is 2.11. The van der Waals surface area contributed by atoms with Crippen molar-refractivity contribution in [2.75, 3.05) is 13.2 Å². The molecule has 0 bridgehead atoms. The molecule has 2 N–H and O–H groups in total. The molecule has 6 heteroatoms. The minimum atomic E-state index is -0.130. The van der Waals surface area contributed by atoms with Crippen molar-refractivity contribution in [3.63, 3.8) is 0 Å². The number of hydrogen-bond acceptors (Lipinski definition) is 6. The topological polar surface area (TPSA) is 82.1 Å². The Morgan fingerprint density at radius 2 is 1.16 bits per heavy atom. The first-order valence-corrected chi connectivity index (χ1v) is 16.8. The maximum atomic E-state index is 6.14. The summed E-state index contributed by atoms with van der Waals surface area (Å²) in [5, 5.41) is 0. The number of aliphatic imine (C=N–C) groups is 2. The van der Waals surface area contributed by atoms with Crippen molar-refractivity contribution in [2.24, 2.45) is 15.7 Å². The summed E-state index contributed by atoms with van der Waals surface area (Å²) in [5.41, 5.74) is 14.0. The summed E-state index contributed by atoms with van der Waals surface area (Å²) in [6, 6.07) is 43.2. The zero-order chi connectivity index (χ0) is 34.6. The highest BCUT2D eigenvalue weighted by molar-refractivity contribution is 5.81. The number of nitrogens with two attached hydrogens (primary N) is 1. The van der Waals surface area contributed by atoms with Gasteiger partial charge >= 0.3 is 0 Å². The van der Waals surface area contributed by atoms with Crippen LogP contribution in [-0.2, 0) is 29.1 Å². The van der Waals surface area contributed by atoms with E-state index < -0.39 is 0 Å². The van der Waals surface area contributed by atoms with Crippen LogP contribution in [0.25, 0.3) is 0 Å². The van der Waals surface area contributed by atoms with E-state index in [1.54, 1.807) is 18.5 Å². The van der Waals surface area contributed by atoms with E-state index in [2.05, 4.69) is 84.4 Å². The fraction of sp³-hybridized carbons (Fsp3) is 0.159. The van der Waals surface area contributed by atoms with E-state index in [-0.39, 0.29) is 12.1 Å². The number of rotatable bonds is 18. The fourth-order valence-electron chi connectivity index (χ4n) is 5.21. The van der Waals surface area contributed by atoms with Gasteiger partial charge in [-0.05, 0) is 69.8 Å². The average Bonchev–Trinajstić information content (AvgIpc) is 3.17. The van der Waals surface area contributed by atoms with Crippen molar-refractivity contribution in [2.45, 2.75) is 31.7 Å². The van der Waals surface area contributed by atoms with Crippen molar-refractivity contribution in [1.82, 2.24) is 4.98 Å². The van der Waals surface area contributed by atoms with Gasteiger partial charge in [0.25, 0.3) is 0 Å². The number of pyridine rings is 1. The second-order valence-corrected chi connectivity index (χ2v) is 11.8. The third-order valence-electron chi connectivity index (χ3n) is 7.94. The third-order valence-corrected chi connectivity index (χ3v) is 7.94. The standard InChI is InChI=1S/C44H44N4O2/c1-35(12-8-10-26-45)29-47-43(40-13-4-2-5-14-40)33-49-31-38-22-18-36(19-23-38)28-37-20-24-39(25-21-37)32-50-34-44(41-15-6-3-7-16-41)48-30-42-17-9-11-27-46-42/h2-27,29-30,43-44H,1,28,31-34,45H2/b12-8-,26-10-,47-29+,48-30+/t43-,44-/m0/s1. The van der Waals surface area contributed by atoms with E-state index in [4.69, 9.17) is 25.2 Å². The molecule has 1 aromatic heterocycles. The van der Waals surface area contributed by atoms with Crippen LogP contribution in [0.3, 0.4) is 0 Å². The molecule has 0 aliphatic rings. The lowest BCUT2D eigenvalue weighted by Gasteiger charge is -2.14. The van der Waals surface area contributed by atoms with Crippen LogP contribution in [0.4, 0.5) is 0 Å². The highest BCUT2D eigenvalue weighted by Crippen LogP contribution is 2.21. The number of aromatic nitrogens is 1. The lowest BCUT2D eigenvalue weighted by atomic mass is 10.0. The predicted molar refractivity (Wildman–Crippen MR) is 205 cm³/mol. The summed E-state index contributed by atoms with van der Waals surface area (Å²) in [4.78, 5) is 13.9. The SMILES string of the molecule is C=C(/C=C\C=C/N)/C=N/[C@@H](COCc1ccc(Cc2ccc(COC[C@H](/N=C/c3ccccn3)c3ccccc3)cc2)cc1)c1ccccc1. The summed E-state index contributed by atoms with van der Waals surface area (Å²) in [6.07, 6.45) is 13.1. The van der Waals surface area contributed by atoms with Gasteiger partial charge in [0.2, 0.25) is 0 Å². The van der Waals surface area contributed by atoms with Gasteiger partial charge in [0, 0.05) is 18.6 Å². The number of allylic oxidation sites excluding steroid dienone is 4. The first kappa shape index (κ1) is 35.6. The molecule has 5 aromatic rings. The monoisotopic (exact) mass is 660 g/mol. The van der Waals surface area contributed by atoms with Crippen molar-refractivity contribution < 1.29 is 9.47 Å². The zero-order valence-electron chi connectivity index (χ0n) is 28.3. The summed E-state index contributed by atoms with van der Waals surface area (Å²) in [7, 11) is 0. The van der Waals surface area contributed by atoms with Gasteiger partial charge in [-0.2, -0.15) is 0 Å². The van der Waals surface area contributed by atoms with Gasteiger partial charge < -0.3 is 15.2 Å². The normalized spacial score (nSPS) is 13.0. The molecular formula is C44H44N4O2. The minimum Gasteiger partial charge on any atom is -0.405 e. The second kappa shape index (κ2) is 20.0. The largest absolute Gasteiger partial charge is 0.405 e. The van der Waals surface area contributed by atoms with Crippen molar-refractivity contribution in [3.8, 4) is 0 Å². The summed E-state index contributed by atoms with van der Waals surface area (Å²) >= 11 is 0. The molecule has 0 saturated carbocycles. The Hall–Kier alpha value is -5.69. The predicted octanol–water partition coefficient (Wildman–Crippen LogP) is 8.96. The molecule has 252 valence electrons. The van der Waals surface area contributed by atoms with Crippen LogP contribution < -0.4 is 5.73 Å². The molecule has 0 spiro atoms. The Morgan fingerprint density at radius 3 is 1.68 bits per heavy atom. The van der Waals surface area contributed by atoms with Crippen LogP contribution in [-0.4, -0.2) is 30.6 Å². The third kappa shape index (κ3) is 12.1. The maximum absolute atomic E-state index is 6.14. The summed E-state index contributed by atoms with van der Waals surface area (Å²) in [5.74, 6) is 0. The van der Waals surface area contributed by atoms with Crippen LogP contribution in [0.1, 0.15) is 51.2 Å². The molecule has 0 aliphatic heterocycles. The Morgan fingerprint density at radius 1 is 0.640 bits per heavy atom. The molecular weight excluding hydrogens is 617 g/mol. The van der Waals surface area contributed by atoms with Crippen LogP contribution >= 0.6 is 0 Å². The number of hydrogen-bond donors (Lipinski definition) is 1. The Kier molecular flexibility index (Phi) is 14.2. The van der Waals surface area contributed by atoms with E-state index in [0.29, 0.717) is 26.4 Å². The first-order valence-electron chi connectivity index (χ1n) is 16.8. The molecule has 0 saturated heterocycles. The molecule has 0 aliphatic carbocycles. The number of nitrogens with zero attached hydrogens (tertiary/aromatic N) is 3. The van der Waals surface area contributed by atoms with Crippen molar-refractivity contribution >= 4 is 12.4 Å². The van der Waals surface area contributed by atoms with Gasteiger partial charge in [-0.15, -0.1) is 0 Å². The minimum absolute atomic E-state index is 0.109. The van der Waals surface area contributed by atoms with Crippen LogP contribution in [0.5, 0.6) is 0 Å². The van der Waals surface area contributed by atoms with Crippen LogP contribution in [0, 0.1) is 0 Å². The van der Waals surface area contributed by atoms with Gasteiger partial charge in [-0.25, -0.2) is 0 Å². The number of benzene rings is 4. The van der Waals surface area contributed by atoms with Crippen LogP contribution in [0.2, 0.25) is 0 Å². The Bertz CT molecular complexity index is 1830. The van der Waals surface area contributed by atoms with Gasteiger partial charge in [-0.3, -0.25) is 15.0 Å². The van der Waals surface area contributed by atoms with Gasteiger partial charge in [0.05, 0.1) is 44.2 Å². The van der Waals surface area contributed by atoms with Gasteiger partial charge in [0.1, 0.15) is 0 Å². The quantitative estimate of drug-likeness (QED) is 0.0752. The second-order valence-electron chi connectivity index (χ2n) is 11.8. The fourth-order valence-corrected chi connectivity index (χ4v) is 5.21. The molecule has 5 rings (SSSR count). The zero-order valence-corrected chi connectivity index (χ0v) is 28.3. The van der Waals surface area contributed by atoms with Crippen LogP contribution in [0.15, 0.2) is 180 Å². The van der Waals surface area contributed by atoms with Crippen molar-refractivity contribution in [3.05, 3.63) is 209 Å². The lowest BCUT2D eigenvalue weighted by molar-refractivity contribution is 0.108. The Balaban J connectivity index is 1.09. The molecule has 6 nitrogen and oxygen atoms in total. The molecule has 2 atom stereocenters. The number of ether oxygens (including phenoxy) is 2. The van der Waals surface area contributed by atoms with Gasteiger partial charge in [0.15, 0.2) is 0 Å². The highest BCUT2D eigenvalue weighted by atomic mass is 16.5. The molecule has 1 heterocycles. The maximum Gasteiger partial charge on any atom is 0.0983 e. The Labute approximate surface area is 296 Å². The van der Waals surface area contributed by atoms with E-state index in [1.807, 2.05) is 73.0 Å². The van der Waals surface area contributed by atoms with E-state index in [1.165, 1.54) is 17.3 Å². The molecule has 0 radical (unpaired) electrons. The van der Waals surface area contributed by atoms with E-state index in [0.717, 1.165) is 39.9 Å². The summed E-state index contributed by atoms with van der Waals surface area (Å²) in [6.45, 7) is 6.01. The first-order chi connectivity index (χ1) is 24.7. The summed E-state index contributed by atoms with van der Waals surface area (Å²) < 4.78 is 12.3. The molecule has 0 fully saturated rings. The van der Waals surface area contributed by atoms with Gasteiger partial charge in [-0.1, -0.05) is 134 Å².